The lowest BCUT2D eigenvalue weighted by atomic mass is 9.94. The largest absolute Gasteiger partial charge is 0.508 e. The Morgan fingerprint density at radius 3 is 2.76 bits per heavy atom. The number of phenols is 2. The normalized spacial score (nSPS) is 17.9. The molecule has 0 bridgehead atoms. The Bertz CT molecular complexity index is 1680. The van der Waals surface area contributed by atoms with Crippen molar-refractivity contribution in [2.75, 3.05) is 5.32 Å². The summed E-state index contributed by atoms with van der Waals surface area (Å²) in [6.07, 6.45) is 3.03. The van der Waals surface area contributed by atoms with Gasteiger partial charge >= 0.3 is 0 Å². The van der Waals surface area contributed by atoms with Crippen LogP contribution in [-0.2, 0) is 9.59 Å². The number of guanidine groups is 1. The summed E-state index contributed by atoms with van der Waals surface area (Å²) in [5.74, 6) is -1.13. The number of nitrogens with one attached hydrogen (secondary N) is 3. The number of non-ortho nitro benzene ring substituents is 1. The van der Waals surface area contributed by atoms with Crippen LogP contribution in [0, 0.1) is 10.1 Å². The average molecular weight is 593 g/mol. The molecule has 3 aromatic rings. The minimum absolute atomic E-state index is 0.0439. The Morgan fingerprint density at radius 2 is 2.05 bits per heavy atom. The molecule has 13 nitrogen and oxygen atoms in total. The van der Waals surface area contributed by atoms with Crippen LogP contribution in [-0.4, -0.2) is 42.2 Å². The van der Waals surface area contributed by atoms with Crippen LogP contribution in [0.1, 0.15) is 24.3 Å². The number of nitrogens with zero attached hydrogens (tertiary/aromatic N) is 3. The van der Waals surface area contributed by atoms with Crippen LogP contribution in [0.25, 0.3) is 6.08 Å². The summed E-state index contributed by atoms with van der Waals surface area (Å²) in [7, 11) is 0. The fraction of sp³-hybridized carbons (Fsp3) is 0.0769. The number of anilines is 1. The fourth-order valence-electron chi connectivity index (χ4n) is 4.08. The fourth-order valence-corrected chi connectivity index (χ4v) is 5.24. The second kappa shape index (κ2) is 11.1. The summed E-state index contributed by atoms with van der Waals surface area (Å²) >= 11 is 6.42. The molecule has 1 unspecified atom stereocenters. The number of phenolic OH excluding ortho intramolecular Hbond substituents is 2. The van der Waals surface area contributed by atoms with Gasteiger partial charge in [0.05, 0.1) is 21.7 Å². The standard InChI is InChI=1S/C26H20N6O7S2/c1-13-21(23(35)28-14-4-2-5-15(10-14)32(37)38)22(18-8-7-16(33)11-19(18)34)29-25(27-13)30-31-24(36)20(41-26(31)40)12-17-6-3-9-39-17/h2-12,22,33-34H,1H3,(H,28,35)(H2,27,29,30)/b20-12-. The second-order valence-electron chi connectivity index (χ2n) is 8.69. The first-order chi connectivity index (χ1) is 19.6. The van der Waals surface area contributed by atoms with Crippen LogP contribution in [0.4, 0.5) is 11.4 Å². The zero-order valence-electron chi connectivity index (χ0n) is 21.0. The highest BCUT2D eigenvalue weighted by Gasteiger charge is 2.36. The van der Waals surface area contributed by atoms with Crippen LogP contribution in [0.5, 0.6) is 11.5 Å². The van der Waals surface area contributed by atoms with E-state index in [0.717, 1.165) is 22.8 Å². The number of amides is 2. The maximum absolute atomic E-state index is 13.5. The van der Waals surface area contributed by atoms with E-state index in [0.29, 0.717) is 16.4 Å². The number of hydrogen-bond acceptors (Lipinski definition) is 12. The number of aromatic hydroxyl groups is 2. The van der Waals surface area contributed by atoms with E-state index >= 15 is 0 Å². The summed E-state index contributed by atoms with van der Waals surface area (Å²) in [6.45, 7) is 1.59. The van der Waals surface area contributed by atoms with Crippen LogP contribution < -0.4 is 16.1 Å². The lowest BCUT2D eigenvalue weighted by Crippen LogP contribution is -2.51. The predicted octanol–water partition coefficient (Wildman–Crippen LogP) is 3.92. The van der Waals surface area contributed by atoms with E-state index in [1.54, 1.807) is 25.1 Å². The molecule has 0 saturated carbocycles. The Morgan fingerprint density at radius 1 is 1.24 bits per heavy atom. The molecular formula is C26H20N6O7S2. The third-order valence-electron chi connectivity index (χ3n) is 5.94. The molecule has 2 aromatic carbocycles. The first-order valence-corrected chi connectivity index (χ1v) is 13.0. The Hall–Kier alpha value is -5.15. The average Bonchev–Trinajstić information content (AvgIpc) is 3.52. The van der Waals surface area contributed by atoms with Crippen molar-refractivity contribution in [2.45, 2.75) is 13.0 Å². The SMILES string of the molecule is CC1=C(C(=O)Nc2cccc([N+](=O)[O-])c2)C(c2ccc(O)cc2O)N=C(NN2C(=O)/C(=C/c3ccco3)SC2=S)N1. The molecule has 1 saturated heterocycles. The van der Waals surface area contributed by atoms with Crippen molar-refractivity contribution in [1.29, 1.82) is 0 Å². The van der Waals surface area contributed by atoms with Gasteiger partial charge < -0.3 is 25.3 Å². The zero-order chi connectivity index (χ0) is 29.3. The highest BCUT2D eigenvalue weighted by molar-refractivity contribution is 8.26. The lowest BCUT2D eigenvalue weighted by Gasteiger charge is -2.29. The molecule has 3 heterocycles. The van der Waals surface area contributed by atoms with Gasteiger partial charge in [-0.1, -0.05) is 17.8 Å². The zero-order valence-corrected chi connectivity index (χ0v) is 22.7. The number of nitro groups is 1. The topological polar surface area (TPSA) is 183 Å². The summed E-state index contributed by atoms with van der Waals surface area (Å²) in [6, 6.07) is 11.5. The molecular weight excluding hydrogens is 572 g/mol. The Labute approximate surface area is 241 Å². The third-order valence-corrected chi connectivity index (χ3v) is 7.24. The molecule has 2 aliphatic heterocycles. The first-order valence-electron chi connectivity index (χ1n) is 11.8. The Kier molecular flexibility index (Phi) is 7.45. The van der Waals surface area contributed by atoms with E-state index < -0.39 is 22.8 Å². The van der Waals surface area contributed by atoms with E-state index in [4.69, 9.17) is 16.6 Å². The molecule has 15 heteroatoms. The van der Waals surface area contributed by atoms with Crippen molar-refractivity contribution >= 4 is 63.5 Å². The van der Waals surface area contributed by atoms with Gasteiger partial charge in [0.1, 0.15) is 23.3 Å². The van der Waals surface area contributed by atoms with E-state index in [9.17, 15) is 29.9 Å². The van der Waals surface area contributed by atoms with Crippen molar-refractivity contribution in [3.63, 3.8) is 0 Å². The van der Waals surface area contributed by atoms with Crippen molar-refractivity contribution in [1.82, 2.24) is 15.8 Å². The molecule has 5 N–H and O–H groups in total. The first kappa shape index (κ1) is 27.4. The van der Waals surface area contributed by atoms with Crippen molar-refractivity contribution in [3.8, 4) is 11.5 Å². The molecule has 208 valence electrons. The minimum atomic E-state index is -1.12. The maximum Gasteiger partial charge on any atom is 0.285 e. The molecule has 5 rings (SSSR count). The molecule has 1 aromatic heterocycles. The van der Waals surface area contributed by atoms with E-state index in [-0.39, 0.29) is 44.3 Å². The molecule has 0 aliphatic carbocycles. The number of allylic oxidation sites excluding steroid dienone is 1. The van der Waals surface area contributed by atoms with Crippen LogP contribution in [0.3, 0.4) is 0 Å². The van der Waals surface area contributed by atoms with Gasteiger partial charge in [-0.25, -0.2) is 4.99 Å². The van der Waals surface area contributed by atoms with Gasteiger partial charge in [-0.15, -0.1) is 0 Å². The van der Waals surface area contributed by atoms with Gasteiger partial charge in [-0.2, -0.15) is 5.01 Å². The van der Waals surface area contributed by atoms with E-state index in [1.807, 2.05) is 0 Å². The summed E-state index contributed by atoms with van der Waals surface area (Å²) in [4.78, 5) is 42.0. The number of thiocarbonyl (C=S) groups is 1. The molecule has 2 amide bonds. The maximum atomic E-state index is 13.5. The number of furan rings is 1. The summed E-state index contributed by atoms with van der Waals surface area (Å²) in [5, 5.41) is 38.3. The van der Waals surface area contributed by atoms with Crippen molar-refractivity contribution in [2.24, 2.45) is 4.99 Å². The smallest absolute Gasteiger partial charge is 0.285 e. The minimum Gasteiger partial charge on any atom is -0.508 e. The van der Waals surface area contributed by atoms with Gasteiger partial charge in [0.25, 0.3) is 17.5 Å². The molecule has 0 spiro atoms. The van der Waals surface area contributed by atoms with Crippen LogP contribution in [0.15, 0.2) is 86.4 Å². The third kappa shape index (κ3) is 5.75. The number of rotatable bonds is 6. The molecule has 0 radical (unpaired) electrons. The van der Waals surface area contributed by atoms with Gasteiger partial charge in [0.15, 0.2) is 4.32 Å². The number of thioether (sulfide) groups is 1. The van der Waals surface area contributed by atoms with Crippen molar-refractivity contribution in [3.05, 3.63) is 98.5 Å². The van der Waals surface area contributed by atoms with Gasteiger partial charge in [-0.05, 0) is 49.5 Å². The highest BCUT2D eigenvalue weighted by Crippen LogP contribution is 2.38. The number of nitro benzene ring substituents is 1. The van der Waals surface area contributed by atoms with Gasteiger partial charge in [-0.3, -0.25) is 25.1 Å². The van der Waals surface area contributed by atoms with Crippen molar-refractivity contribution < 1.29 is 29.1 Å². The molecule has 41 heavy (non-hydrogen) atoms. The highest BCUT2D eigenvalue weighted by atomic mass is 32.2. The van der Waals surface area contributed by atoms with Crippen LogP contribution in [0.2, 0.25) is 0 Å². The number of aliphatic imine (C=N–C) groups is 1. The van der Waals surface area contributed by atoms with E-state index in [1.165, 1.54) is 42.7 Å². The predicted molar refractivity (Wildman–Crippen MR) is 154 cm³/mol. The molecule has 1 atom stereocenters. The lowest BCUT2D eigenvalue weighted by molar-refractivity contribution is -0.384. The molecule has 1 fully saturated rings. The monoisotopic (exact) mass is 592 g/mol. The van der Waals surface area contributed by atoms with Gasteiger partial charge in [0.2, 0.25) is 5.96 Å². The number of hydrogen-bond donors (Lipinski definition) is 5. The number of hydrazine groups is 1. The summed E-state index contributed by atoms with van der Waals surface area (Å²) in [5.41, 5.74) is 3.35. The van der Waals surface area contributed by atoms with Crippen LogP contribution >= 0.6 is 24.0 Å². The summed E-state index contributed by atoms with van der Waals surface area (Å²) < 4.78 is 5.47. The second-order valence-corrected chi connectivity index (χ2v) is 10.4. The molecule has 2 aliphatic rings. The number of benzene rings is 2. The number of carbonyl (C=O) groups excluding carboxylic acids is 2. The quantitative estimate of drug-likeness (QED) is 0.121. The van der Waals surface area contributed by atoms with Gasteiger partial charge in [0, 0.05) is 41.2 Å². The Balaban J connectivity index is 1.46. The van der Waals surface area contributed by atoms with E-state index in [2.05, 4.69) is 21.1 Å². The number of carbonyl (C=O) groups is 2.